The lowest BCUT2D eigenvalue weighted by Gasteiger charge is -2.16. The van der Waals surface area contributed by atoms with Crippen molar-refractivity contribution in [2.75, 3.05) is 17.8 Å². The molecule has 26 heavy (non-hydrogen) atoms. The molecule has 0 radical (unpaired) electrons. The SMILES string of the molecule is Cc1ccc(S(=O)(=O)Nc2ccc(S(=O)(=O)N3CCCC3)cc2)cc1C. The van der Waals surface area contributed by atoms with Gasteiger partial charge in [-0.15, -0.1) is 0 Å². The topological polar surface area (TPSA) is 83.5 Å². The van der Waals surface area contributed by atoms with Crippen molar-refractivity contribution in [3.8, 4) is 0 Å². The molecular weight excluding hydrogens is 372 g/mol. The maximum absolute atomic E-state index is 12.5. The lowest BCUT2D eigenvalue weighted by Crippen LogP contribution is -2.27. The number of hydrogen-bond acceptors (Lipinski definition) is 4. The summed E-state index contributed by atoms with van der Waals surface area (Å²) >= 11 is 0. The van der Waals surface area contributed by atoms with Crippen LogP contribution in [-0.2, 0) is 20.0 Å². The van der Waals surface area contributed by atoms with Gasteiger partial charge >= 0.3 is 0 Å². The fraction of sp³-hybridized carbons (Fsp3) is 0.333. The summed E-state index contributed by atoms with van der Waals surface area (Å²) in [5.41, 5.74) is 2.23. The fourth-order valence-corrected chi connectivity index (χ4v) is 5.53. The Morgan fingerprint density at radius 3 is 1.96 bits per heavy atom. The molecule has 0 bridgehead atoms. The van der Waals surface area contributed by atoms with E-state index in [2.05, 4.69) is 4.72 Å². The predicted octanol–water partition coefficient (Wildman–Crippen LogP) is 2.89. The predicted molar refractivity (Wildman–Crippen MR) is 101 cm³/mol. The molecule has 140 valence electrons. The zero-order chi connectivity index (χ0) is 18.9. The number of benzene rings is 2. The summed E-state index contributed by atoms with van der Waals surface area (Å²) in [5.74, 6) is 0. The normalized spacial score (nSPS) is 15.9. The molecule has 3 rings (SSSR count). The van der Waals surface area contributed by atoms with Crippen molar-refractivity contribution in [1.82, 2.24) is 4.31 Å². The van der Waals surface area contributed by atoms with Crippen LogP contribution in [0.25, 0.3) is 0 Å². The maximum atomic E-state index is 12.5. The lowest BCUT2D eigenvalue weighted by molar-refractivity contribution is 0.477. The standard InChI is InChI=1S/C18H22N2O4S2/c1-14-5-8-18(13-15(14)2)25(21,22)19-16-6-9-17(10-7-16)26(23,24)20-11-3-4-12-20/h5-10,13,19H,3-4,11-12H2,1-2H3. The highest BCUT2D eigenvalue weighted by atomic mass is 32.2. The van der Waals surface area contributed by atoms with Gasteiger partial charge in [0.2, 0.25) is 10.0 Å². The third-order valence-electron chi connectivity index (χ3n) is 4.60. The number of hydrogen-bond donors (Lipinski definition) is 1. The Kier molecular flexibility index (Phi) is 5.09. The first-order valence-electron chi connectivity index (χ1n) is 8.40. The minimum Gasteiger partial charge on any atom is -0.280 e. The molecule has 1 fully saturated rings. The monoisotopic (exact) mass is 394 g/mol. The fourth-order valence-electron chi connectivity index (χ4n) is 2.87. The molecular formula is C18H22N2O4S2. The van der Waals surface area contributed by atoms with Gasteiger partial charge in [-0.25, -0.2) is 16.8 Å². The van der Waals surface area contributed by atoms with Crippen molar-refractivity contribution in [3.63, 3.8) is 0 Å². The molecule has 0 spiro atoms. The Hall–Kier alpha value is -1.90. The van der Waals surface area contributed by atoms with Crippen molar-refractivity contribution >= 4 is 25.7 Å². The van der Waals surface area contributed by atoms with E-state index in [1.54, 1.807) is 18.2 Å². The molecule has 2 aromatic carbocycles. The van der Waals surface area contributed by atoms with Crippen LogP contribution in [0.4, 0.5) is 5.69 Å². The summed E-state index contributed by atoms with van der Waals surface area (Å²) in [7, 11) is -7.23. The van der Waals surface area contributed by atoms with Gasteiger partial charge in [0.15, 0.2) is 0 Å². The van der Waals surface area contributed by atoms with E-state index in [0.717, 1.165) is 24.0 Å². The van der Waals surface area contributed by atoms with E-state index in [9.17, 15) is 16.8 Å². The van der Waals surface area contributed by atoms with Crippen molar-refractivity contribution < 1.29 is 16.8 Å². The van der Waals surface area contributed by atoms with Gasteiger partial charge in [0, 0.05) is 18.8 Å². The molecule has 0 amide bonds. The summed E-state index contributed by atoms with van der Waals surface area (Å²) in [6.07, 6.45) is 1.74. The van der Waals surface area contributed by atoms with Gasteiger partial charge in [-0.1, -0.05) is 6.07 Å². The van der Waals surface area contributed by atoms with Gasteiger partial charge in [0.1, 0.15) is 0 Å². The Balaban J connectivity index is 1.81. The molecule has 0 saturated carbocycles. The van der Waals surface area contributed by atoms with Crippen LogP contribution in [0.2, 0.25) is 0 Å². The molecule has 1 heterocycles. The van der Waals surface area contributed by atoms with Crippen LogP contribution in [0, 0.1) is 13.8 Å². The third kappa shape index (κ3) is 3.77. The molecule has 0 unspecified atom stereocenters. The van der Waals surface area contributed by atoms with E-state index in [-0.39, 0.29) is 9.79 Å². The van der Waals surface area contributed by atoms with E-state index in [1.165, 1.54) is 28.6 Å². The van der Waals surface area contributed by atoms with Crippen LogP contribution in [-0.4, -0.2) is 34.2 Å². The summed E-state index contributed by atoms with van der Waals surface area (Å²) in [4.78, 5) is 0.350. The van der Waals surface area contributed by atoms with Crippen LogP contribution in [0.1, 0.15) is 24.0 Å². The quantitative estimate of drug-likeness (QED) is 0.845. The zero-order valence-electron chi connectivity index (χ0n) is 14.8. The summed E-state index contributed by atoms with van der Waals surface area (Å²) in [5, 5.41) is 0. The summed E-state index contributed by atoms with van der Waals surface area (Å²) < 4.78 is 54.0. The van der Waals surface area contributed by atoms with E-state index >= 15 is 0 Å². The number of rotatable bonds is 5. The first kappa shape index (κ1) is 18.9. The summed E-state index contributed by atoms with van der Waals surface area (Å²) in [6.45, 7) is 4.83. The second kappa shape index (κ2) is 7.02. The first-order valence-corrected chi connectivity index (χ1v) is 11.3. The third-order valence-corrected chi connectivity index (χ3v) is 7.89. The second-order valence-corrected chi connectivity index (χ2v) is 10.1. The molecule has 0 aromatic heterocycles. The Labute approximate surface area is 155 Å². The first-order chi connectivity index (χ1) is 12.2. The Morgan fingerprint density at radius 1 is 0.808 bits per heavy atom. The van der Waals surface area contributed by atoms with E-state index in [1.807, 2.05) is 13.8 Å². The Bertz CT molecular complexity index is 1010. The average Bonchev–Trinajstić information content (AvgIpc) is 3.13. The molecule has 8 heteroatoms. The van der Waals surface area contributed by atoms with Crippen molar-refractivity contribution in [2.45, 2.75) is 36.5 Å². The highest BCUT2D eigenvalue weighted by molar-refractivity contribution is 7.92. The van der Waals surface area contributed by atoms with Crippen LogP contribution in [0.5, 0.6) is 0 Å². The van der Waals surface area contributed by atoms with E-state index in [0.29, 0.717) is 18.8 Å². The van der Waals surface area contributed by atoms with Gasteiger partial charge in [-0.2, -0.15) is 4.31 Å². The van der Waals surface area contributed by atoms with Gasteiger partial charge in [0.25, 0.3) is 10.0 Å². The molecule has 1 saturated heterocycles. The molecule has 0 atom stereocenters. The number of anilines is 1. The highest BCUT2D eigenvalue weighted by Crippen LogP contribution is 2.24. The number of aryl methyl sites for hydroxylation is 2. The smallest absolute Gasteiger partial charge is 0.261 e. The number of nitrogens with zero attached hydrogens (tertiary/aromatic N) is 1. The molecule has 0 aliphatic carbocycles. The molecule has 1 aliphatic heterocycles. The van der Waals surface area contributed by atoms with Crippen molar-refractivity contribution in [2.24, 2.45) is 0 Å². The van der Waals surface area contributed by atoms with E-state index in [4.69, 9.17) is 0 Å². The Morgan fingerprint density at radius 2 is 1.38 bits per heavy atom. The van der Waals surface area contributed by atoms with Gasteiger partial charge < -0.3 is 0 Å². The van der Waals surface area contributed by atoms with Crippen LogP contribution < -0.4 is 4.72 Å². The summed E-state index contributed by atoms with van der Waals surface area (Å²) in [6, 6.07) is 10.7. The van der Waals surface area contributed by atoms with Gasteiger partial charge in [0.05, 0.1) is 9.79 Å². The molecule has 1 aliphatic rings. The van der Waals surface area contributed by atoms with Crippen molar-refractivity contribution in [3.05, 3.63) is 53.6 Å². The maximum Gasteiger partial charge on any atom is 0.261 e. The van der Waals surface area contributed by atoms with Crippen molar-refractivity contribution in [1.29, 1.82) is 0 Å². The van der Waals surface area contributed by atoms with Crippen LogP contribution in [0.15, 0.2) is 52.3 Å². The number of sulfonamides is 2. The van der Waals surface area contributed by atoms with Gasteiger partial charge in [-0.3, -0.25) is 4.72 Å². The minimum absolute atomic E-state index is 0.175. The van der Waals surface area contributed by atoms with Crippen LogP contribution in [0.3, 0.4) is 0 Å². The minimum atomic E-state index is -3.73. The zero-order valence-corrected chi connectivity index (χ0v) is 16.4. The lowest BCUT2D eigenvalue weighted by atomic mass is 10.1. The van der Waals surface area contributed by atoms with E-state index < -0.39 is 20.0 Å². The van der Waals surface area contributed by atoms with Gasteiger partial charge in [-0.05, 0) is 74.2 Å². The number of nitrogens with one attached hydrogen (secondary N) is 1. The highest BCUT2D eigenvalue weighted by Gasteiger charge is 2.27. The van der Waals surface area contributed by atoms with Crippen LogP contribution >= 0.6 is 0 Å². The average molecular weight is 395 g/mol. The second-order valence-electron chi connectivity index (χ2n) is 6.49. The molecule has 1 N–H and O–H groups in total. The molecule has 2 aromatic rings. The largest absolute Gasteiger partial charge is 0.280 e. The molecule has 6 nitrogen and oxygen atoms in total.